The second kappa shape index (κ2) is 5.71. The van der Waals surface area contributed by atoms with Gasteiger partial charge in [-0.25, -0.2) is 4.79 Å². The average Bonchev–Trinajstić information content (AvgIpc) is 2.51. The zero-order chi connectivity index (χ0) is 14.1. The quantitative estimate of drug-likeness (QED) is 0.818. The molecule has 0 aromatic carbocycles. The fourth-order valence-electron chi connectivity index (χ4n) is 1.35. The molecule has 0 saturated heterocycles. The van der Waals surface area contributed by atoms with Crippen LogP contribution >= 0.6 is 43.2 Å². The number of carboxylic acids is 1. The number of carboxylic acid groups (broad SMARTS) is 1. The van der Waals surface area contributed by atoms with Crippen LogP contribution in [-0.4, -0.2) is 23.0 Å². The summed E-state index contributed by atoms with van der Waals surface area (Å²) in [6.07, 6.45) is 0. The maximum absolute atomic E-state index is 12.0. The molecule has 0 aliphatic carbocycles. The number of rotatable bonds is 3. The summed E-state index contributed by atoms with van der Waals surface area (Å²) >= 11 is 7.92. The van der Waals surface area contributed by atoms with Gasteiger partial charge in [0, 0.05) is 0 Å². The normalized spacial score (nSPS) is 13.2. The number of carbonyl (C=O) groups is 2. The molecule has 0 fully saturated rings. The largest absolute Gasteiger partial charge is 0.480 e. The Morgan fingerprint density at radius 2 is 1.94 bits per heavy atom. The van der Waals surface area contributed by atoms with Crippen LogP contribution in [0.5, 0.6) is 0 Å². The molecule has 0 aliphatic rings. The first-order valence-corrected chi connectivity index (χ1v) is 7.51. The van der Waals surface area contributed by atoms with Crippen LogP contribution in [0.25, 0.3) is 0 Å². The van der Waals surface area contributed by atoms with E-state index in [1.54, 1.807) is 26.8 Å². The van der Waals surface area contributed by atoms with Gasteiger partial charge in [-0.15, -0.1) is 11.3 Å². The van der Waals surface area contributed by atoms with Crippen molar-refractivity contribution in [3.63, 3.8) is 0 Å². The Bertz CT molecular complexity index is 479. The van der Waals surface area contributed by atoms with Gasteiger partial charge >= 0.3 is 5.97 Å². The van der Waals surface area contributed by atoms with E-state index in [1.165, 1.54) is 11.3 Å². The molecule has 2 N–H and O–H groups in total. The first kappa shape index (κ1) is 15.7. The van der Waals surface area contributed by atoms with Crippen LogP contribution in [0.4, 0.5) is 0 Å². The molecule has 1 rings (SSSR count). The minimum absolute atomic E-state index is 0.397. The van der Waals surface area contributed by atoms with Crippen molar-refractivity contribution in [1.29, 1.82) is 0 Å². The van der Waals surface area contributed by atoms with E-state index in [4.69, 9.17) is 5.11 Å². The molecule has 4 nitrogen and oxygen atoms in total. The van der Waals surface area contributed by atoms with Gasteiger partial charge in [0.05, 0.1) is 13.1 Å². The predicted molar refractivity (Wildman–Crippen MR) is 78.1 cm³/mol. The molecule has 0 bridgehead atoms. The number of hydrogen-bond acceptors (Lipinski definition) is 3. The molecular formula is C11H13Br2NO3S. The average molecular weight is 399 g/mol. The molecule has 0 saturated carbocycles. The van der Waals surface area contributed by atoms with Gasteiger partial charge in [-0.05, 0) is 43.3 Å². The molecule has 1 heterocycles. The summed E-state index contributed by atoms with van der Waals surface area (Å²) in [5.41, 5.74) is -0.122. The van der Waals surface area contributed by atoms with Gasteiger partial charge in [0.2, 0.25) is 0 Å². The Balaban J connectivity index is 2.93. The minimum atomic E-state index is -1.04. The van der Waals surface area contributed by atoms with Gasteiger partial charge in [-0.1, -0.05) is 20.8 Å². The highest BCUT2D eigenvalue weighted by Gasteiger charge is 2.33. The van der Waals surface area contributed by atoms with Crippen LogP contribution in [0, 0.1) is 5.41 Å². The number of amides is 1. The van der Waals surface area contributed by atoms with Crippen molar-refractivity contribution in [3.8, 4) is 0 Å². The Morgan fingerprint density at radius 1 is 1.39 bits per heavy atom. The number of carbonyl (C=O) groups excluding carboxylic acids is 1. The Hall–Kier alpha value is -0.400. The highest BCUT2D eigenvalue weighted by Crippen LogP contribution is 2.32. The van der Waals surface area contributed by atoms with Crippen molar-refractivity contribution in [1.82, 2.24) is 5.32 Å². The summed E-state index contributed by atoms with van der Waals surface area (Å²) in [7, 11) is 0. The molecule has 1 aromatic rings. The lowest BCUT2D eigenvalue weighted by atomic mass is 9.86. The van der Waals surface area contributed by atoms with Gasteiger partial charge in [-0.2, -0.15) is 0 Å². The van der Waals surface area contributed by atoms with E-state index in [2.05, 4.69) is 37.2 Å². The van der Waals surface area contributed by atoms with Gasteiger partial charge < -0.3 is 10.4 Å². The van der Waals surface area contributed by atoms with Gasteiger partial charge in [0.15, 0.2) is 0 Å². The lowest BCUT2D eigenvalue weighted by Gasteiger charge is -2.27. The monoisotopic (exact) mass is 397 g/mol. The smallest absolute Gasteiger partial charge is 0.326 e. The van der Waals surface area contributed by atoms with Crippen LogP contribution in [0.3, 0.4) is 0 Å². The summed E-state index contributed by atoms with van der Waals surface area (Å²) in [5, 5.41) is 11.7. The third kappa shape index (κ3) is 3.80. The van der Waals surface area contributed by atoms with Crippen molar-refractivity contribution in [3.05, 3.63) is 19.2 Å². The Labute approximate surface area is 126 Å². The summed E-state index contributed by atoms with van der Waals surface area (Å²) in [5.74, 6) is -1.44. The third-order valence-electron chi connectivity index (χ3n) is 2.29. The predicted octanol–water partition coefficient (Wildman–Crippen LogP) is 3.50. The second-order valence-electron chi connectivity index (χ2n) is 4.85. The fraction of sp³-hybridized carbons (Fsp3) is 0.455. The summed E-state index contributed by atoms with van der Waals surface area (Å²) in [6.45, 7) is 5.31. The van der Waals surface area contributed by atoms with Gasteiger partial charge in [0.1, 0.15) is 6.04 Å². The second-order valence-corrected chi connectivity index (χ2v) is 8.60. The maximum atomic E-state index is 12.0. The van der Waals surface area contributed by atoms with Crippen molar-refractivity contribution < 1.29 is 14.7 Å². The van der Waals surface area contributed by atoms with E-state index >= 15 is 0 Å². The van der Waals surface area contributed by atoms with Gasteiger partial charge in [-0.3, -0.25) is 4.79 Å². The minimum Gasteiger partial charge on any atom is -0.480 e. The molecule has 0 unspecified atom stereocenters. The number of thiophene rings is 1. The number of halogens is 2. The number of hydrogen-bond donors (Lipinski definition) is 2. The van der Waals surface area contributed by atoms with E-state index in [0.717, 1.165) is 3.79 Å². The number of aliphatic carboxylic acids is 1. The van der Waals surface area contributed by atoms with Crippen molar-refractivity contribution in [2.24, 2.45) is 5.41 Å². The molecule has 0 radical (unpaired) electrons. The highest BCUT2D eigenvalue weighted by molar-refractivity contribution is 9.12. The molecular weight excluding hydrogens is 386 g/mol. The molecule has 1 aromatic heterocycles. The molecule has 100 valence electrons. The Kier molecular flexibility index (Phi) is 4.97. The van der Waals surface area contributed by atoms with Crippen LogP contribution in [0.15, 0.2) is 13.6 Å². The van der Waals surface area contributed by atoms with E-state index in [9.17, 15) is 9.59 Å². The molecule has 1 atom stereocenters. The van der Waals surface area contributed by atoms with Gasteiger partial charge in [0.25, 0.3) is 5.91 Å². The molecule has 18 heavy (non-hydrogen) atoms. The SMILES string of the molecule is CC(C)(C)[C@@H](NC(=O)c1cc(Br)sc1Br)C(=O)O. The third-order valence-corrected chi connectivity index (χ3v) is 4.63. The van der Waals surface area contributed by atoms with E-state index < -0.39 is 23.3 Å². The van der Waals surface area contributed by atoms with Crippen molar-refractivity contribution in [2.45, 2.75) is 26.8 Å². The van der Waals surface area contributed by atoms with Crippen LogP contribution in [-0.2, 0) is 4.79 Å². The van der Waals surface area contributed by atoms with Crippen molar-refractivity contribution >= 4 is 55.1 Å². The standard InChI is InChI=1S/C11H13Br2NO3S/c1-11(2,3)7(10(16)17)14-9(15)5-4-6(12)18-8(5)13/h4,7H,1-3H3,(H,14,15)(H,16,17)/t7-/m0/s1. The number of nitrogens with one attached hydrogen (secondary N) is 1. The summed E-state index contributed by atoms with van der Waals surface area (Å²) in [4.78, 5) is 23.2. The molecule has 1 amide bonds. The van der Waals surface area contributed by atoms with E-state index in [-0.39, 0.29) is 0 Å². The molecule has 0 spiro atoms. The topological polar surface area (TPSA) is 66.4 Å². The van der Waals surface area contributed by atoms with E-state index in [1.807, 2.05) is 0 Å². The first-order valence-electron chi connectivity index (χ1n) is 5.11. The Morgan fingerprint density at radius 3 is 2.28 bits per heavy atom. The highest BCUT2D eigenvalue weighted by atomic mass is 79.9. The first-order chi connectivity index (χ1) is 8.12. The summed E-state index contributed by atoms with van der Waals surface area (Å²) < 4.78 is 1.48. The van der Waals surface area contributed by atoms with Crippen molar-refractivity contribution in [2.75, 3.05) is 0 Å². The van der Waals surface area contributed by atoms with E-state index in [0.29, 0.717) is 9.35 Å². The van der Waals surface area contributed by atoms with Crippen LogP contribution in [0.2, 0.25) is 0 Å². The zero-order valence-corrected chi connectivity index (χ0v) is 14.1. The molecule has 0 aliphatic heterocycles. The fourth-order valence-corrected chi connectivity index (χ4v) is 4.15. The molecule has 7 heteroatoms. The zero-order valence-electron chi connectivity index (χ0n) is 10.1. The van der Waals surface area contributed by atoms with Crippen LogP contribution in [0.1, 0.15) is 31.1 Å². The van der Waals surface area contributed by atoms with Crippen LogP contribution < -0.4 is 5.32 Å². The lowest BCUT2D eigenvalue weighted by Crippen LogP contribution is -2.49. The lowest BCUT2D eigenvalue weighted by molar-refractivity contribution is -0.142. The maximum Gasteiger partial charge on any atom is 0.326 e. The summed E-state index contributed by atoms with van der Waals surface area (Å²) in [6, 6.07) is 0.724.